The third-order valence-electron chi connectivity index (χ3n) is 3.16. The van der Waals surface area contributed by atoms with Gasteiger partial charge in [0.1, 0.15) is 5.75 Å². The molecule has 21 heavy (non-hydrogen) atoms. The Bertz CT molecular complexity index is 705. The van der Waals surface area contributed by atoms with Crippen LogP contribution in [0.1, 0.15) is 25.2 Å². The van der Waals surface area contributed by atoms with E-state index in [2.05, 4.69) is 58.3 Å². The topological polar surface area (TPSA) is 14.2 Å². The van der Waals surface area contributed by atoms with Gasteiger partial charge in [-0.1, -0.05) is 17.5 Å². The van der Waals surface area contributed by atoms with E-state index in [1.54, 1.807) is 6.92 Å². The third kappa shape index (κ3) is 3.45. The monoisotopic (exact) mass is 365 g/mol. The molecule has 0 saturated carbocycles. The van der Waals surface area contributed by atoms with Crippen LogP contribution in [0.15, 0.2) is 28.7 Å². The lowest BCUT2D eigenvalue weighted by Crippen LogP contribution is -2.10. The first-order chi connectivity index (χ1) is 9.93. The summed E-state index contributed by atoms with van der Waals surface area (Å²) in [5, 5.41) is 0.672. The Labute approximate surface area is 139 Å². The molecule has 2 aromatic rings. The Kier molecular flexibility index (Phi) is 5.03. The van der Waals surface area contributed by atoms with Gasteiger partial charge in [-0.05, 0) is 61.8 Å². The molecule has 0 aliphatic carbocycles. The molecule has 0 spiro atoms. The largest absolute Gasteiger partial charge is 0.477 e. The molecule has 0 radical (unpaired) electrons. The first-order valence-corrected chi connectivity index (χ1v) is 7.84. The van der Waals surface area contributed by atoms with Crippen molar-refractivity contribution < 1.29 is 4.74 Å². The van der Waals surface area contributed by atoms with Gasteiger partial charge in [-0.2, -0.15) is 0 Å². The zero-order valence-corrected chi connectivity index (χ0v) is 14.8. The van der Waals surface area contributed by atoms with Crippen LogP contribution in [-0.4, -0.2) is 10.7 Å². The summed E-state index contributed by atoms with van der Waals surface area (Å²) in [6, 6.07) is 7.94. The molecule has 1 heterocycles. The number of hydrogen-bond donors (Lipinski definition) is 0. The Morgan fingerprint density at radius 1 is 1.24 bits per heavy atom. The van der Waals surface area contributed by atoms with Crippen molar-refractivity contribution in [3.8, 4) is 23.3 Å². The summed E-state index contributed by atoms with van der Waals surface area (Å²) in [4.78, 5) is 0. The van der Waals surface area contributed by atoms with Gasteiger partial charge in [0.15, 0.2) is 6.10 Å². The van der Waals surface area contributed by atoms with Crippen LogP contribution in [-0.2, 0) is 0 Å². The normalized spacial score (nSPS) is 11.7. The Hall–Kier alpha value is -1.37. The molecule has 0 unspecified atom stereocenters. The standard InChI is InChI=1S/C17H17BrClNO/c1-5-6-13(4)21-17-10-16(15(19)9-14(17)18)20-11(2)7-8-12(20)3/h7-10,13H,1-4H3/t13-/m0/s1. The number of rotatable bonds is 3. The highest BCUT2D eigenvalue weighted by molar-refractivity contribution is 9.10. The molecule has 1 atom stereocenters. The van der Waals surface area contributed by atoms with Crippen LogP contribution >= 0.6 is 27.5 Å². The molecule has 0 aliphatic rings. The lowest BCUT2D eigenvalue weighted by atomic mass is 10.2. The van der Waals surface area contributed by atoms with Gasteiger partial charge in [-0.3, -0.25) is 0 Å². The molecule has 0 amide bonds. The van der Waals surface area contributed by atoms with Crippen molar-refractivity contribution in [3.05, 3.63) is 45.1 Å². The predicted octanol–water partition coefficient (Wildman–Crippen LogP) is 5.30. The molecule has 2 rings (SSSR count). The van der Waals surface area contributed by atoms with Crippen molar-refractivity contribution in [2.24, 2.45) is 0 Å². The van der Waals surface area contributed by atoms with Crippen molar-refractivity contribution in [1.29, 1.82) is 0 Å². The maximum Gasteiger partial charge on any atom is 0.156 e. The molecular formula is C17H17BrClNO. The van der Waals surface area contributed by atoms with Gasteiger partial charge in [-0.25, -0.2) is 0 Å². The van der Waals surface area contributed by atoms with Crippen LogP contribution in [0.2, 0.25) is 5.02 Å². The zero-order valence-electron chi connectivity index (χ0n) is 12.5. The van der Waals surface area contributed by atoms with E-state index in [0.717, 1.165) is 27.3 Å². The van der Waals surface area contributed by atoms with Crippen LogP contribution in [0.25, 0.3) is 5.69 Å². The number of halogens is 2. The van der Waals surface area contributed by atoms with Gasteiger partial charge in [-0.15, -0.1) is 5.92 Å². The maximum atomic E-state index is 6.40. The second-order valence-electron chi connectivity index (χ2n) is 4.84. The van der Waals surface area contributed by atoms with Gasteiger partial charge in [0.05, 0.1) is 15.2 Å². The zero-order chi connectivity index (χ0) is 15.6. The number of nitrogens with zero attached hydrogens (tertiary/aromatic N) is 1. The maximum absolute atomic E-state index is 6.40. The van der Waals surface area contributed by atoms with E-state index in [4.69, 9.17) is 16.3 Å². The molecule has 0 N–H and O–H groups in total. The first-order valence-electron chi connectivity index (χ1n) is 6.67. The van der Waals surface area contributed by atoms with Crippen LogP contribution < -0.4 is 4.74 Å². The summed E-state index contributed by atoms with van der Waals surface area (Å²) in [5.41, 5.74) is 3.17. The number of hydrogen-bond acceptors (Lipinski definition) is 1. The number of ether oxygens (including phenoxy) is 1. The smallest absolute Gasteiger partial charge is 0.156 e. The quantitative estimate of drug-likeness (QED) is 0.672. The van der Waals surface area contributed by atoms with Gasteiger partial charge in [0, 0.05) is 17.5 Å². The molecule has 2 nitrogen and oxygen atoms in total. The molecule has 1 aromatic carbocycles. The molecule has 0 aliphatic heterocycles. The van der Waals surface area contributed by atoms with Crippen LogP contribution in [0.4, 0.5) is 0 Å². The van der Waals surface area contributed by atoms with Crippen molar-refractivity contribution >= 4 is 27.5 Å². The van der Waals surface area contributed by atoms with Crippen molar-refractivity contribution in [2.45, 2.75) is 33.8 Å². The predicted molar refractivity (Wildman–Crippen MR) is 91.5 cm³/mol. The molecule has 0 bridgehead atoms. The summed E-state index contributed by atoms with van der Waals surface area (Å²) >= 11 is 9.89. The Balaban J connectivity index is 2.50. The summed E-state index contributed by atoms with van der Waals surface area (Å²) in [7, 11) is 0. The van der Waals surface area contributed by atoms with E-state index in [0.29, 0.717) is 5.02 Å². The Morgan fingerprint density at radius 3 is 2.43 bits per heavy atom. The van der Waals surface area contributed by atoms with Crippen molar-refractivity contribution in [1.82, 2.24) is 4.57 Å². The van der Waals surface area contributed by atoms with Crippen molar-refractivity contribution in [3.63, 3.8) is 0 Å². The van der Waals surface area contributed by atoms with Crippen LogP contribution in [0.3, 0.4) is 0 Å². The highest BCUT2D eigenvalue weighted by atomic mass is 79.9. The molecule has 0 fully saturated rings. The van der Waals surface area contributed by atoms with E-state index in [1.807, 2.05) is 19.1 Å². The number of benzene rings is 1. The van der Waals surface area contributed by atoms with Crippen molar-refractivity contribution in [2.75, 3.05) is 0 Å². The van der Waals surface area contributed by atoms with E-state index < -0.39 is 0 Å². The highest BCUT2D eigenvalue weighted by Gasteiger charge is 2.14. The number of aromatic nitrogens is 1. The van der Waals surface area contributed by atoms with Gasteiger partial charge >= 0.3 is 0 Å². The highest BCUT2D eigenvalue weighted by Crippen LogP contribution is 2.35. The first kappa shape index (κ1) is 16.0. The minimum Gasteiger partial charge on any atom is -0.477 e. The summed E-state index contributed by atoms with van der Waals surface area (Å²) < 4.78 is 8.80. The summed E-state index contributed by atoms with van der Waals surface area (Å²) in [5.74, 6) is 6.57. The lowest BCUT2D eigenvalue weighted by molar-refractivity contribution is 0.277. The fourth-order valence-electron chi connectivity index (χ4n) is 2.25. The molecule has 4 heteroatoms. The second kappa shape index (κ2) is 6.60. The molecule has 1 aromatic heterocycles. The molecule has 0 saturated heterocycles. The van der Waals surface area contributed by atoms with Gasteiger partial charge in [0.2, 0.25) is 0 Å². The summed E-state index contributed by atoms with van der Waals surface area (Å²) in [6.45, 7) is 7.83. The van der Waals surface area contributed by atoms with Gasteiger partial charge in [0.25, 0.3) is 0 Å². The SMILES string of the molecule is CC#C[C@H](C)Oc1cc(-n2c(C)ccc2C)c(Cl)cc1Br. The number of aryl methyl sites for hydroxylation is 2. The average Bonchev–Trinajstić information content (AvgIpc) is 2.73. The Morgan fingerprint density at radius 2 is 1.86 bits per heavy atom. The third-order valence-corrected chi connectivity index (χ3v) is 4.09. The molecular weight excluding hydrogens is 350 g/mol. The van der Waals surface area contributed by atoms with Crippen LogP contribution in [0, 0.1) is 25.7 Å². The van der Waals surface area contributed by atoms with E-state index in [9.17, 15) is 0 Å². The minimum atomic E-state index is -0.174. The van der Waals surface area contributed by atoms with E-state index in [-0.39, 0.29) is 6.10 Å². The van der Waals surface area contributed by atoms with E-state index >= 15 is 0 Å². The molecule has 110 valence electrons. The van der Waals surface area contributed by atoms with Gasteiger partial charge < -0.3 is 9.30 Å². The minimum absolute atomic E-state index is 0.174. The summed E-state index contributed by atoms with van der Waals surface area (Å²) in [6.07, 6.45) is -0.174. The lowest BCUT2D eigenvalue weighted by Gasteiger charge is -2.16. The fourth-order valence-corrected chi connectivity index (χ4v) is 3.07. The van der Waals surface area contributed by atoms with E-state index in [1.165, 1.54) is 0 Å². The second-order valence-corrected chi connectivity index (χ2v) is 6.10. The van der Waals surface area contributed by atoms with Crippen LogP contribution in [0.5, 0.6) is 5.75 Å². The average molecular weight is 367 g/mol. The fraction of sp³-hybridized carbons (Fsp3) is 0.294.